The Morgan fingerprint density at radius 2 is 1.77 bits per heavy atom. The van der Waals surface area contributed by atoms with E-state index in [0.29, 0.717) is 17.6 Å². The molecule has 0 aliphatic carbocycles. The molecule has 0 unspecified atom stereocenters. The molecule has 10 heteroatoms. The number of anilines is 1. The zero-order valence-corrected chi connectivity index (χ0v) is 16.6. The first kappa shape index (κ1) is 11.3. The van der Waals surface area contributed by atoms with E-state index in [1.807, 2.05) is 5.32 Å². The first-order chi connectivity index (χ1) is 19.7. The van der Waals surface area contributed by atoms with Crippen LogP contribution in [0.3, 0.4) is 0 Å². The maximum absolute atomic E-state index is 13.2. The van der Waals surface area contributed by atoms with Crippen LogP contribution in [0.25, 0.3) is 6.08 Å². The third-order valence-corrected chi connectivity index (χ3v) is 4.61. The molecule has 9 nitrogen and oxygen atoms in total. The van der Waals surface area contributed by atoms with Crippen molar-refractivity contribution in [3.8, 4) is 23.0 Å². The number of rotatable bonds is 11. The third-order valence-electron chi connectivity index (χ3n) is 3.59. The second kappa shape index (κ2) is 10.6. The molecule has 0 atom stereocenters. The van der Waals surface area contributed by atoms with E-state index in [1.54, 1.807) is 0 Å². The Hall–Kier alpha value is -3.40. The SMILES string of the molecule is [2H]C([2H])([2H])Oc1cc(OC)c(/C=C/S(=O)(=O)C([2H])([2H])c2ccc(OC([2H])([2H])[2H])c(NC([2H])([2H])C(=O)O)c2)c(OC([2H])([2H])[2H])c1. The summed E-state index contributed by atoms with van der Waals surface area (Å²) in [5, 5.41) is 11.3. The van der Waals surface area contributed by atoms with Crippen LogP contribution in [0.2, 0.25) is 0 Å². The number of carboxylic acid groups (broad SMARTS) is 1. The minimum Gasteiger partial charge on any atom is -0.496 e. The highest BCUT2D eigenvalue weighted by molar-refractivity contribution is 7.93. The van der Waals surface area contributed by atoms with Crippen LogP contribution in [-0.4, -0.2) is 54.2 Å². The fraction of sp³-hybridized carbons (Fsp3) is 0.286. The van der Waals surface area contributed by atoms with E-state index in [2.05, 4.69) is 0 Å². The molecular weight excluding hydrogens is 426 g/mol. The van der Waals surface area contributed by atoms with Crippen molar-refractivity contribution in [2.75, 3.05) is 40.0 Å². The molecule has 0 amide bonds. The van der Waals surface area contributed by atoms with Crippen LogP contribution in [-0.2, 0) is 20.3 Å². The summed E-state index contributed by atoms with van der Waals surface area (Å²) in [4.78, 5) is 11.3. The van der Waals surface area contributed by atoms with Crippen molar-refractivity contribution in [3.05, 3.63) is 46.9 Å². The monoisotopic (exact) mass is 464 g/mol. The van der Waals surface area contributed by atoms with Crippen LogP contribution < -0.4 is 24.3 Å². The van der Waals surface area contributed by atoms with E-state index < -0.39 is 77.6 Å². The molecule has 0 fully saturated rings. The summed E-state index contributed by atoms with van der Waals surface area (Å²) >= 11 is 0. The van der Waals surface area contributed by atoms with Crippen molar-refractivity contribution in [1.82, 2.24) is 0 Å². The van der Waals surface area contributed by atoms with Crippen LogP contribution in [0, 0.1) is 0 Å². The highest BCUT2D eigenvalue weighted by atomic mass is 32.2. The molecule has 0 bridgehead atoms. The lowest BCUT2D eigenvalue weighted by Gasteiger charge is -2.13. The van der Waals surface area contributed by atoms with E-state index in [4.69, 9.17) is 41.9 Å². The van der Waals surface area contributed by atoms with E-state index in [9.17, 15) is 13.2 Å². The average molecular weight is 465 g/mol. The summed E-state index contributed by atoms with van der Waals surface area (Å²) in [6.45, 7) is -3.23. The van der Waals surface area contributed by atoms with Gasteiger partial charge in [0.1, 0.15) is 29.5 Å². The van der Waals surface area contributed by atoms with E-state index in [-0.39, 0.29) is 11.3 Å². The van der Waals surface area contributed by atoms with Crippen molar-refractivity contribution in [2.45, 2.75) is 5.70 Å². The van der Waals surface area contributed by atoms with Crippen LogP contribution in [0.1, 0.15) is 28.9 Å². The fourth-order valence-electron chi connectivity index (χ4n) is 2.31. The van der Waals surface area contributed by atoms with Gasteiger partial charge in [-0.2, -0.15) is 0 Å². The normalized spacial score (nSPS) is 19.6. The molecule has 2 aromatic carbocycles. The van der Waals surface area contributed by atoms with Crippen molar-refractivity contribution in [1.29, 1.82) is 0 Å². The summed E-state index contributed by atoms with van der Waals surface area (Å²) in [7, 11) is -13.2. The number of carbonyl (C=O) groups is 1. The number of hydrogen-bond acceptors (Lipinski definition) is 8. The molecule has 0 radical (unpaired) electrons. The minimum atomic E-state index is -5.07. The van der Waals surface area contributed by atoms with Gasteiger partial charge in [0, 0.05) is 20.3 Å². The van der Waals surface area contributed by atoms with Crippen LogP contribution in [0.15, 0.2) is 35.7 Å². The maximum atomic E-state index is 13.2. The smallest absolute Gasteiger partial charge is 0.322 e. The van der Waals surface area contributed by atoms with Gasteiger partial charge in [-0.15, -0.1) is 0 Å². The van der Waals surface area contributed by atoms with Gasteiger partial charge < -0.3 is 29.4 Å². The number of nitrogens with one attached hydrogen (secondary N) is 1. The number of hydrogen-bond donors (Lipinski definition) is 2. The van der Waals surface area contributed by atoms with Crippen molar-refractivity contribution < 1.29 is 55.1 Å². The molecular formula is C21H25NO8S. The standard InChI is InChI=1S/C21H25NO8S/c1-27-15-10-19(29-3)16(20(11-15)30-4)7-8-31(25,26)13-14-5-6-18(28-2)17(9-14)22-12-21(23)24/h5-11,22H,12-13H2,1-4H3,(H,23,24)/b8-7+/i1D3,2D3,3D3,12D2,13D2. The Balaban J connectivity index is 2.67. The Bertz CT molecular complexity index is 1520. The van der Waals surface area contributed by atoms with Gasteiger partial charge in [0.05, 0.1) is 60.3 Å². The van der Waals surface area contributed by atoms with Gasteiger partial charge >= 0.3 is 5.97 Å². The molecule has 31 heavy (non-hydrogen) atoms. The lowest BCUT2D eigenvalue weighted by Crippen LogP contribution is -2.13. The number of carboxylic acids is 1. The number of sulfone groups is 1. The Kier molecular flexibility index (Phi) is 3.85. The van der Waals surface area contributed by atoms with Crippen molar-refractivity contribution in [2.24, 2.45) is 0 Å². The van der Waals surface area contributed by atoms with Crippen LogP contribution >= 0.6 is 0 Å². The van der Waals surface area contributed by atoms with Gasteiger partial charge in [-0.25, -0.2) is 8.42 Å². The van der Waals surface area contributed by atoms with E-state index in [1.165, 1.54) is 0 Å². The predicted octanol–water partition coefficient (Wildman–Crippen LogP) is 2.80. The number of ether oxygens (including phenoxy) is 4. The lowest BCUT2D eigenvalue weighted by molar-refractivity contribution is -0.134. The maximum Gasteiger partial charge on any atom is 0.322 e. The minimum absolute atomic E-state index is 0.317. The van der Waals surface area contributed by atoms with Gasteiger partial charge in [0.25, 0.3) is 0 Å². The predicted molar refractivity (Wildman–Crippen MR) is 117 cm³/mol. The quantitative estimate of drug-likeness (QED) is 0.517. The largest absolute Gasteiger partial charge is 0.496 e. The third kappa shape index (κ3) is 6.54. The van der Waals surface area contributed by atoms with Gasteiger partial charge in [0.2, 0.25) is 0 Å². The van der Waals surface area contributed by atoms with Crippen molar-refractivity contribution in [3.63, 3.8) is 0 Å². The second-order valence-electron chi connectivity index (χ2n) is 5.56. The van der Waals surface area contributed by atoms with Crippen LogP contribution in [0.5, 0.6) is 23.0 Å². The first-order valence-corrected chi connectivity index (χ1v) is 9.60. The molecule has 0 aliphatic heterocycles. The van der Waals surface area contributed by atoms with E-state index >= 15 is 0 Å². The molecule has 0 aromatic heterocycles. The van der Waals surface area contributed by atoms with Gasteiger partial charge in [-0.1, -0.05) is 6.07 Å². The fourth-order valence-corrected chi connectivity index (χ4v) is 3.15. The Labute approximate surface area is 199 Å². The highest BCUT2D eigenvalue weighted by Gasteiger charge is 2.15. The zero-order valence-electron chi connectivity index (χ0n) is 28.8. The molecule has 168 valence electrons. The van der Waals surface area contributed by atoms with Gasteiger partial charge in [-0.05, 0) is 23.8 Å². The van der Waals surface area contributed by atoms with Gasteiger partial charge in [-0.3, -0.25) is 4.79 Å². The molecule has 0 spiro atoms. The molecule has 2 aromatic rings. The lowest BCUT2D eigenvalue weighted by atomic mass is 10.1. The second-order valence-corrected chi connectivity index (χ2v) is 7.13. The highest BCUT2D eigenvalue weighted by Crippen LogP contribution is 2.35. The summed E-state index contributed by atoms with van der Waals surface area (Å²) in [5.41, 5.74) is -5.18. The summed E-state index contributed by atoms with van der Waals surface area (Å²) < 4.78 is 143. The number of benzene rings is 2. The average Bonchev–Trinajstić information content (AvgIpc) is 2.80. The van der Waals surface area contributed by atoms with E-state index in [0.717, 1.165) is 31.4 Å². The number of methoxy groups -OCH3 is 4. The summed E-state index contributed by atoms with van der Waals surface area (Å²) in [6.07, 6.45) is 0.709. The molecule has 2 N–H and O–H groups in total. The molecule has 0 saturated carbocycles. The summed E-state index contributed by atoms with van der Waals surface area (Å²) in [6, 6.07) is 4.04. The topological polar surface area (TPSA) is 120 Å². The zero-order chi connectivity index (χ0) is 34.1. The Morgan fingerprint density at radius 3 is 2.42 bits per heavy atom. The van der Waals surface area contributed by atoms with Crippen LogP contribution in [0.4, 0.5) is 5.69 Å². The molecule has 2 rings (SSSR count). The molecule has 0 saturated heterocycles. The number of aliphatic carboxylic acids is 1. The first-order valence-electron chi connectivity index (χ1n) is 14.6. The van der Waals surface area contributed by atoms with Crippen molar-refractivity contribution >= 4 is 27.6 Å². The summed E-state index contributed by atoms with van der Waals surface area (Å²) in [5.74, 6) is -4.08. The molecule has 0 heterocycles. The van der Waals surface area contributed by atoms with Gasteiger partial charge in [0.15, 0.2) is 9.84 Å². The molecule has 0 aliphatic rings. The Morgan fingerprint density at radius 1 is 1.10 bits per heavy atom.